The van der Waals surface area contributed by atoms with Gasteiger partial charge in [-0.2, -0.15) is 4.52 Å². The number of anilines is 1. The van der Waals surface area contributed by atoms with Crippen LogP contribution in [0.2, 0.25) is 0 Å². The van der Waals surface area contributed by atoms with E-state index in [1.807, 2.05) is 4.90 Å². The first kappa shape index (κ1) is 14.1. The second kappa shape index (κ2) is 6.75. The molecule has 0 N–H and O–H groups in total. The Hall–Kier alpha value is -2.29. The van der Waals surface area contributed by atoms with Crippen molar-refractivity contribution in [1.29, 1.82) is 0 Å². The molecular weight excluding hydrogens is 264 g/mol. The summed E-state index contributed by atoms with van der Waals surface area (Å²) in [4.78, 5) is 17.3. The van der Waals surface area contributed by atoms with Gasteiger partial charge in [-0.15, -0.1) is 5.10 Å². The number of carbonyl (C=O) groups excluding carboxylic acids is 1. The molecular formula is C11H16N6O3. The molecule has 0 aromatic carbocycles. The molecule has 2 heterocycles. The molecule has 0 fully saturated rings. The molecule has 0 aliphatic carbocycles. The van der Waals surface area contributed by atoms with Crippen LogP contribution in [0.5, 0.6) is 0 Å². The summed E-state index contributed by atoms with van der Waals surface area (Å²) in [5, 5.41) is 11.4. The average molecular weight is 280 g/mol. The van der Waals surface area contributed by atoms with Gasteiger partial charge < -0.3 is 14.4 Å². The lowest BCUT2D eigenvalue weighted by Gasteiger charge is -2.23. The summed E-state index contributed by atoms with van der Waals surface area (Å²) < 4.78 is 11.3. The summed E-state index contributed by atoms with van der Waals surface area (Å²) in [5.74, 6) is 0.428. The fourth-order valence-corrected chi connectivity index (χ4v) is 1.75. The van der Waals surface area contributed by atoms with Crippen LogP contribution >= 0.6 is 0 Å². The van der Waals surface area contributed by atoms with Crippen molar-refractivity contribution in [3.05, 3.63) is 12.4 Å². The number of nitrogens with zero attached hydrogens (tertiary/aromatic N) is 6. The predicted molar refractivity (Wildman–Crippen MR) is 69.3 cm³/mol. The van der Waals surface area contributed by atoms with Crippen LogP contribution in [0.3, 0.4) is 0 Å². The van der Waals surface area contributed by atoms with E-state index in [2.05, 4.69) is 25.2 Å². The molecule has 9 nitrogen and oxygen atoms in total. The number of carbonyl (C=O) groups is 1. The number of aromatic nitrogens is 5. The van der Waals surface area contributed by atoms with E-state index in [4.69, 9.17) is 4.74 Å². The highest BCUT2D eigenvalue weighted by atomic mass is 16.5. The fraction of sp³-hybridized carbons (Fsp3) is 0.545. The Morgan fingerprint density at radius 1 is 1.35 bits per heavy atom. The van der Waals surface area contributed by atoms with Crippen molar-refractivity contribution in [2.24, 2.45) is 0 Å². The van der Waals surface area contributed by atoms with Crippen molar-refractivity contribution >= 4 is 17.4 Å². The summed E-state index contributed by atoms with van der Waals surface area (Å²) in [5.41, 5.74) is 0.544. The van der Waals surface area contributed by atoms with Gasteiger partial charge in [0.1, 0.15) is 0 Å². The van der Waals surface area contributed by atoms with Crippen LogP contribution in [0.25, 0.3) is 5.65 Å². The van der Waals surface area contributed by atoms with Gasteiger partial charge in [0, 0.05) is 20.2 Å². The van der Waals surface area contributed by atoms with Crippen LogP contribution < -0.4 is 4.90 Å². The zero-order chi connectivity index (χ0) is 14.4. The largest absolute Gasteiger partial charge is 0.469 e. The van der Waals surface area contributed by atoms with Gasteiger partial charge in [-0.3, -0.25) is 9.78 Å². The molecule has 0 unspecified atom stereocenters. The van der Waals surface area contributed by atoms with E-state index in [9.17, 15) is 4.79 Å². The molecule has 0 radical (unpaired) electrons. The number of rotatable bonds is 7. The number of hydrogen-bond acceptors (Lipinski definition) is 8. The van der Waals surface area contributed by atoms with Crippen molar-refractivity contribution in [1.82, 2.24) is 25.0 Å². The minimum atomic E-state index is -0.274. The molecule has 0 atom stereocenters. The predicted octanol–water partition coefficient (Wildman–Crippen LogP) is -0.465. The molecule has 0 spiro atoms. The number of esters is 1. The van der Waals surface area contributed by atoms with E-state index in [0.717, 1.165) is 0 Å². The van der Waals surface area contributed by atoms with Gasteiger partial charge >= 0.3 is 5.97 Å². The molecule has 0 aliphatic rings. The Morgan fingerprint density at radius 2 is 2.20 bits per heavy atom. The van der Waals surface area contributed by atoms with Crippen LogP contribution in [-0.4, -0.2) is 64.9 Å². The van der Waals surface area contributed by atoms with Crippen LogP contribution in [0.4, 0.5) is 5.82 Å². The Balaban J connectivity index is 2.20. The number of tetrazole rings is 1. The number of fused-ring (bicyclic) bond motifs is 1. The molecule has 20 heavy (non-hydrogen) atoms. The summed E-state index contributed by atoms with van der Waals surface area (Å²) >= 11 is 0. The van der Waals surface area contributed by atoms with Gasteiger partial charge in [-0.1, -0.05) is 0 Å². The minimum Gasteiger partial charge on any atom is -0.469 e. The summed E-state index contributed by atoms with van der Waals surface area (Å²) in [7, 11) is 2.99. The molecule has 2 rings (SSSR count). The highest BCUT2D eigenvalue weighted by molar-refractivity contribution is 5.70. The number of ether oxygens (including phenoxy) is 2. The third-order valence-electron chi connectivity index (χ3n) is 2.79. The Kier molecular flexibility index (Phi) is 4.77. The van der Waals surface area contributed by atoms with Gasteiger partial charge in [0.25, 0.3) is 0 Å². The second-order valence-corrected chi connectivity index (χ2v) is 4.02. The van der Waals surface area contributed by atoms with Crippen molar-refractivity contribution < 1.29 is 14.3 Å². The fourth-order valence-electron chi connectivity index (χ4n) is 1.75. The highest BCUT2D eigenvalue weighted by Crippen LogP contribution is 2.13. The van der Waals surface area contributed by atoms with Crippen LogP contribution in [0.1, 0.15) is 6.42 Å². The Morgan fingerprint density at radius 3 is 2.95 bits per heavy atom. The zero-order valence-electron chi connectivity index (χ0n) is 11.4. The number of hydrogen-bond donors (Lipinski definition) is 0. The lowest BCUT2D eigenvalue weighted by molar-refractivity contribution is -0.140. The topological polar surface area (TPSA) is 94.7 Å². The maximum Gasteiger partial charge on any atom is 0.307 e. The number of methoxy groups -OCH3 is 2. The van der Waals surface area contributed by atoms with Gasteiger partial charge in [0.15, 0.2) is 11.5 Å². The van der Waals surface area contributed by atoms with Gasteiger partial charge in [-0.25, -0.2) is 0 Å². The molecule has 2 aromatic heterocycles. The standard InChI is InChI=1S/C11H16N6O3/c1-19-6-5-16(4-3-11(18)20-2)10-8-12-7-9-13-14-15-17(9)10/h7-8H,3-6H2,1-2H3. The lowest BCUT2D eigenvalue weighted by Crippen LogP contribution is -2.31. The maximum absolute atomic E-state index is 11.3. The van der Waals surface area contributed by atoms with Gasteiger partial charge in [0.05, 0.1) is 32.5 Å². The molecule has 0 aliphatic heterocycles. The molecule has 9 heteroatoms. The van der Waals surface area contributed by atoms with Crippen molar-refractivity contribution in [3.63, 3.8) is 0 Å². The third-order valence-corrected chi connectivity index (χ3v) is 2.79. The highest BCUT2D eigenvalue weighted by Gasteiger charge is 2.14. The lowest BCUT2D eigenvalue weighted by atomic mass is 10.3. The quantitative estimate of drug-likeness (QED) is 0.628. The summed E-state index contributed by atoms with van der Waals surface area (Å²) in [6, 6.07) is 0. The van der Waals surface area contributed by atoms with E-state index in [-0.39, 0.29) is 12.4 Å². The van der Waals surface area contributed by atoms with E-state index < -0.39 is 0 Å². The van der Waals surface area contributed by atoms with Crippen molar-refractivity contribution in [2.45, 2.75) is 6.42 Å². The first-order valence-corrected chi connectivity index (χ1v) is 6.09. The van der Waals surface area contributed by atoms with E-state index in [0.29, 0.717) is 31.2 Å². The molecule has 0 bridgehead atoms. The van der Waals surface area contributed by atoms with E-state index in [1.54, 1.807) is 24.0 Å². The summed E-state index contributed by atoms with van der Waals surface area (Å²) in [6.45, 7) is 1.57. The Labute approximate surface area is 115 Å². The molecule has 108 valence electrons. The molecule has 0 saturated heterocycles. The first-order valence-electron chi connectivity index (χ1n) is 6.09. The van der Waals surface area contributed by atoms with E-state index in [1.165, 1.54) is 7.11 Å². The molecule has 0 amide bonds. The SMILES string of the molecule is COCCN(CCC(=O)OC)c1cncc2nnnn12. The van der Waals surface area contributed by atoms with E-state index >= 15 is 0 Å². The van der Waals surface area contributed by atoms with Crippen LogP contribution in [-0.2, 0) is 14.3 Å². The van der Waals surface area contributed by atoms with Crippen LogP contribution in [0.15, 0.2) is 12.4 Å². The second-order valence-electron chi connectivity index (χ2n) is 4.02. The van der Waals surface area contributed by atoms with Crippen molar-refractivity contribution in [3.8, 4) is 0 Å². The smallest absolute Gasteiger partial charge is 0.307 e. The first-order chi connectivity index (χ1) is 9.76. The molecule has 0 saturated carbocycles. The van der Waals surface area contributed by atoms with Crippen molar-refractivity contribution in [2.75, 3.05) is 38.8 Å². The monoisotopic (exact) mass is 280 g/mol. The van der Waals surface area contributed by atoms with Gasteiger partial charge in [0.2, 0.25) is 0 Å². The Bertz CT molecular complexity index is 572. The third kappa shape index (κ3) is 3.18. The zero-order valence-corrected chi connectivity index (χ0v) is 11.4. The maximum atomic E-state index is 11.3. The minimum absolute atomic E-state index is 0.263. The molecule has 2 aromatic rings. The average Bonchev–Trinajstić information content (AvgIpc) is 2.95. The van der Waals surface area contributed by atoms with Gasteiger partial charge in [-0.05, 0) is 10.4 Å². The van der Waals surface area contributed by atoms with Crippen LogP contribution in [0, 0.1) is 0 Å². The normalized spacial score (nSPS) is 10.7. The summed E-state index contributed by atoms with van der Waals surface area (Å²) in [6.07, 6.45) is 3.48.